The van der Waals surface area contributed by atoms with Gasteiger partial charge in [0, 0.05) is 36.2 Å². The molecule has 9 heteroatoms. The van der Waals surface area contributed by atoms with Crippen LogP contribution in [0, 0.1) is 5.82 Å². The average Bonchev–Trinajstić information content (AvgIpc) is 2.95. The van der Waals surface area contributed by atoms with E-state index in [9.17, 15) is 18.8 Å². The van der Waals surface area contributed by atoms with E-state index in [1.807, 2.05) is 0 Å². The van der Waals surface area contributed by atoms with Gasteiger partial charge in [-0.15, -0.1) is 0 Å². The van der Waals surface area contributed by atoms with Gasteiger partial charge in [0.25, 0.3) is 11.8 Å². The molecule has 0 aliphatic rings. The summed E-state index contributed by atoms with van der Waals surface area (Å²) >= 11 is 3.26. The maximum atomic E-state index is 12.8. The van der Waals surface area contributed by atoms with Gasteiger partial charge >= 0.3 is 0 Å². The Balaban J connectivity index is 1.66. The molecule has 138 valence electrons. The highest BCUT2D eigenvalue weighted by molar-refractivity contribution is 9.10. The Morgan fingerprint density at radius 1 is 1.12 bits per heavy atom. The van der Waals surface area contributed by atoms with Gasteiger partial charge in [-0.05, 0) is 52.7 Å². The third-order valence-electron chi connectivity index (χ3n) is 3.49. The largest absolute Gasteiger partial charge is 0.352 e. The average molecular weight is 425 g/mol. The van der Waals surface area contributed by atoms with Crippen molar-refractivity contribution in [2.75, 3.05) is 6.54 Å². The fraction of sp³-hybridized carbons (Fsp3) is 0.235. The summed E-state index contributed by atoms with van der Waals surface area (Å²) in [6.07, 6.45) is 2.24. The molecule has 0 bridgehead atoms. The lowest BCUT2D eigenvalue weighted by Crippen LogP contribution is -2.42. The minimum atomic E-state index is -0.434. The minimum Gasteiger partial charge on any atom is -0.352 e. The zero-order valence-corrected chi connectivity index (χ0v) is 15.6. The summed E-state index contributed by atoms with van der Waals surface area (Å²) in [7, 11) is 1.71. The molecule has 0 aliphatic carbocycles. The number of aryl methyl sites for hydroxylation is 1. The number of benzene rings is 1. The van der Waals surface area contributed by atoms with Gasteiger partial charge in [0.1, 0.15) is 11.5 Å². The van der Waals surface area contributed by atoms with Crippen LogP contribution in [0.25, 0.3) is 0 Å². The van der Waals surface area contributed by atoms with Crippen molar-refractivity contribution >= 4 is 33.7 Å². The molecule has 1 aromatic heterocycles. The normalized spacial score (nSPS) is 10.3. The van der Waals surface area contributed by atoms with E-state index >= 15 is 0 Å². The summed E-state index contributed by atoms with van der Waals surface area (Å²) in [6.45, 7) is 0.280. The topological polar surface area (TPSA) is 92.2 Å². The summed E-state index contributed by atoms with van der Waals surface area (Å²) in [5.41, 5.74) is 5.39. The van der Waals surface area contributed by atoms with E-state index in [4.69, 9.17) is 0 Å². The maximum absolute atomic E-state index is 12.8. The van der Waals surface area contributed by atoms with E-state index in [1.165, 1.54) is 24.3 Å². The minimum absolute atomic E-state index is 0.126. The zero-order valence-electron chi connectivity index (χ0n) is 14.0. The molecule has 3 N–H and O–H groups in total. The molecule has 2 rings (SSSR count). The van der Waals surface area contributed by atoms with Crippen LogP contribution in [0.5, 0.6) is 0 Å². The van der Waals surface area contributed by atoms with Gasteiger partial charge in [0.05, 0.1) is 0 Å². The number of carbonyl (C=O) groups is 3. The van der Waals surface area contributed by atoms with Crippen LogP contribution in [0.1, 0.15) is 33.7 Å². The lowest BCUT2D eigenvalue weighted by Gasteiger charge is -2.08. The number of carbonyl (C=O) groups excluding carboxylic acids is 3. The van der Waals surface area contributed by atoms with E-state index in [1.54, 1.807) is 23.9 Å². The van der Waals surface area contributed by atoms with Gasteiger partial charge in [0.15, 0.2) is 0 Å². The number of amides is 3. The number of halogens is 2. The second-order valence-corrected chi connectivity index (χ2v) is 6.44. The maximum Gasteiger partial charge on any atom is 0.286 e. The molecular formula is C17H18BrFN4O3. The molecule has 0 spiro atoms. The number of hydrazine groups is 1. The van der Waals surface area contributed by atoms with Crippen molar-refractivity contribution in [2.45, 2.75) is 12.8 Å². The molecule has 0 atom stereocenters. The van der Waals surface area contributed by atoms with Gasteiger partial charge in [-0.2, -0.15) is 0 Å². The molecule has 0 saturated carbocycles. The van der Waals surface area contributed by atoms with Crippen molar-refractivity contribution in [1.29, 1.82) is 0 Å². The zero-order chi connectivity index (χ0) is 19.1. The van der Waals surface area contributed by atoms with E-state index in [2.05, 4.69) is 32.1 Å². The first kappa shape index (κ1) is 19.6. The lowest BCUT2D eigenvalue weighted by atomic mass is 10.2. The number of nitrogens with one attached hydrogen (secondary N) is 3. The smallest absolute Gasteiger partial charge is 0.286 e. The molecular weight excluding hydrogens is 407 g/mol. The molecule has 3 amide bonds. The van der Waals surface area contributed by atoms with E-state index in [0.717, 1.165) is 4.47 Å². The molecule has 0 fully saturated rings. The second kappa shape index (κ2) is 9.14. The molecule has 0 aliphatic heterocycles. The summed E-state index contributed by atoms with van der Waals surface area (Å²) < 4.78 is 15.2. The predicted octanol–water partition coefficient (Wildman–Crippen LogP) is 1.90. The van der Waals surface area contributed by atoms with Gasteiger partial charge in [-0.1, -0.05) is 0 Å². The quantitative estimate of drug-likeness (QED) is 0.488. The molecule has 1 aromatic carbocycles. The number of hydrogen-bond donors (Lipinski definition) is 3. The molecule has 7 nitrogen and oxygen atoms in total. The monoisotopic (exact) mass is 424 g/mol. The van der Waals surface area contributed by atoms with Crippen molar-refractivity contribution in [3.8, 4) is 0 Å². The van der Waals surface area contributed by atoms with Crippen LogP contribution < -0.4 is 16.2 Å². The lowest BCUT2D eigenvalue weighted by molar-refractivity contribution is -0.121. The van der Waals surface area contributed by atoms with Crippen molar-refractivity contribution < 1.29 is 18.8 Å². The highest BCUT2D eigenvalue weighted by Gasteiger charge is 2.12. The van der Waals surface area contributed by atoms with Crippen molar-refractivity contribution in [2.24, 2.45) is 7.05 Å². The third-order valence-corrected chi connectivity index (χ3v) is 3.93. The Hall–Kier alpha value is -2.68. The van der Waals surface area contributed by atoms with Crippen LogP contribution in [0.2, 0.25) is 0 Å². The van der Waals surface area contributed by atoms with Crippen LogP contribution in [0.15, 0.2) is 41.0 Å². The first-order chi connectivity index (χ1) is 12.4. The van der Waals surface area contributed by atoms with Crippen molar-refractivity contribution in [3.63, 3.8) is 0 Å². The fourth-order valence-electron chi connectivity index (χ4n) is 2.16. The van der Waals surface area contributed by atoms with Gasteiger partial charge in [-0.3, -0.25) is 25.2 Å². The Morgan fingerprint density at radius 2 is 1.81 bits per heavy atom. The number of nitrogens with zero attached hydrogens (tertiary/aromatic N) is 1. The summed E-state index contributed by atoms with van der Waals surface area (Å²) in [5.74, 6) is -1.56. The Kier molecular flexibility index (Phi) is 6.90. The number of aromatic nitrogens is 1. The van der Waals surface area contributed by atoms with Crippen LogP contribution >= 0.6 is 15.9 Å². The Bertz CT molecular complexity index is 805. The van der Waals surface area contributed by atoms with E-state index in [0.29, 0.717) is 17.7 Å². The molecule has 0 unspecified atom stereocenters. The van der Waals surface area contributed by atoms with Crippen LogP contribution in [0.3, 0.4) is 0 Å². The molecule has 0 radical (unpaired) electrons. The molecule has 0 saturated heterocycles. The predicted molar refractivity (Wildman–Crippen MR) is 96.7 cm³/mol. The van der Waals surface area contributed by atoms with Crippen molar-refractivity contribution in [3.05, 3.63) is 58.1 Å². The van der Waals surface area contributed by atoms with Crippen LogP contribution in [-0.2, 0) is 11.8 Å². The highest BCUT2D eigenvalue weighted by Crippen LogP contribution is 2.13. The van der Waals surface area contributed by atoms with Crippen molar-refractivity contribution in [1.82, 2.24) is 20.7 Å². The Labute approximate surface area is 158 Å². The summed E-state index contributed by atoms with van der Waals surface area (Å²) in [5, 5.41) is 2.64. The van der Waals surface area contributed by atoms with Gasteiger partial charge in [-0.25, -0.2) is 4.39 Å². The summed E-state index contributed by atoms with van der Waals surface area (Å²) in [4.78, 5) is 35.5. The van der Waals surface area contributed by atoms with E-state index < -0.39 is 11.7 Å². The molecule has 26 heavy (non-hydrogen) atoms. The van der Waals surface area contributed by atoms with Crippen LogP contribution in [0.4, 0.5) is 4.39 Å². The van der Waals surface area contributed by atoms with Gasteiger partial charge < -0.3 is 9.88 Å². The SMILES string of the molecule is Cn1cc(Br)cc1C(=O)NNC(=O)CCCNC(=O)c1ccc(F)cc1. The fourth-order valence-corrected chi connectivity index (χ4v) is 2.68. The first-order valence-corrected chi connectivity index (χ1v) is 8.61. The van der Waals surface area contributed by atoms with Crippen LogP contribution in [-0.4, -0.2) is 28.8 Å². The Morgan fingerprint density at radius 3 is 2.42 bits per heavy atom. The number of hydrogen-bond acceptors (Lipinski definition) is 3. The molecule has 1 heterocycles. The van der Waals surface area contributed by atoms with E-state index in [-0.39, 0.29) is 24.8 Å². The third kappa shape index (κ3) is 5.69. The highest BCUT2D eigenvalue weighted by atomic mass is 79.9. The van der Waals surface area contributed by atoms with Gasteiger partial charge in [0.2, 0.25) is 5.91 Å². The summed E-state index contributed by atoms with van der Waals surface area (Å²) in [6, 6.07) is 6.81. The first-order valence-electron chi connectivity index (χ1n) is 7.81. The molecule has 2 aromatic rings. The standard InChI is InChI=1S/C17H18BrFN4O3/c1-23-10-12(18)9-14(23)17(26)22-21-15(24)3-2-8-20-16(25)11-4-6-13(19)7-5-11/h4-7,9-10H,2-3,8H2,1H3,(H,20,25)(H,21,24)(H,22,26). The number of rotatable bonds is 6. The second-order valence-electron chi connectivity index (χ2n) is 5.52.